The SMILES string of the molecule is O=C(O)C1(Cc2cccc(Cl)c2Cl)CCNC1. The monoisotopic (exact) mass is 273 g/mol. The lowest BCUT2D eigenvalue weighted by molar-refractivity contribution is -0.147. The van der Waals surface area contributed by atoms with Crippen LogP contribution < -0.4 is 5.32 Å². The zero-order chi connectivity index (χ0) is 12.5. The highest BCUT2D eigenvalue weighted by Crippen LogP contribution is 2.35. The lowest BCUT2D eigenvalue weighted by atomic mass is 9.81. The number of hydrogen-bond acceptors (Lipinski definition) is 2. The van der Waals surface area contributed by atoms with Crippen LogP contribution in [-0.2, 0) is 11.2 Å². The predicted octanol–water partition coefficient (Wildman–Crippen LogP) is 2.60. The van der Waals surface area contributed by atoms with Crippen LogP contribution in [0.3, 0.4) is 0 Å². The highest BCUT2D eigenvalue weighted by Gasteiger charge is 2.41. The van der Waals surface area contributed by atoms with Crippen LogP contribution >= 0.6 is 23.2 Å². The maximum Gasteiger partial charge on any atom is 0.311 e. The third-order valence-corrected chi connectivity index (χ3v) is 4.12. The molecule has 1 saturated heterocycles. The number of carboxylic acid groups (broad SMARTS) is 1. The number of benzene rings is 1. The van der Waals surface area contributed by atoms with Gasteiger partial charge in [0.1, 0.15) is 0 Å². The molecule has 92 valence electrons. The molecule has 2 N–H and O–H groups in total. The van der Waals surface area contributed by atoms with E-state index in [1.165, 1.54) is 0 Å². The quantitative estimate of drug-likeness (QED) is 0.890. The van der Waals surface area contributed by atoms with Crippen molar-refractivity contribution in [2.45, 2.75) is 12.8 Å². The number of aliphatic carboxylic acids is 1. The molecule has 0 spiro atoms. The van der Waals surface area contributed by atoms with E-state index < -0.39 is 11.4 Å². The summed E-state index contributed by atoms with van der Waals surface area (Å²) in [5, 5.41) is 13.4. The number of rotatable bonds is 3. The summed E-state index contributed by atoms with van der Waals surface area (Å²) in [6, 6.07) is 5.33. The van der Waals surface area contributed by atoms with Gasteiger partial charge in [-0.05, 0) is 31.0 Å². The third kappa shape index (κ3) is 2.41. The van der Waals surface area contributed by atoms with Crippen molar-refractivity contribution >= 4 is 29.2 Å². The third-order valence-electron chi connectivity index (χ3n) is 3.26. The Labute approximate surface area is 110 Å². The van der Waals surface area contributed by atoms with Crippen LogP contribution in [0, 0.1) is 5.41 Å². The van der Waals surface area contributed by atoms with E-state index in [9.17, 15) is 9.90 Å². The smallest absolute Gasteiger partial charge is 0.311 e. The van der Waals surface area contributed by atoms with Crippen LogP contribution in [0.2, 0.25) is 10.0 Å². The standard InChI is InChI=1S/C12H13Cl2NO2/c13-9-3-1-2-8(10(9)14)6-12(11(16)17)4-5-15-7-12/h1-3,15H,4-7H2,(H,16,17). The summed E-state index contributed by atoms with van der Waals surface area (Å²) in [6.07, 6.45) is 1.03. The molecule has 1 atom stereocenters. The molecular weight excluding hydrogens is 261 g/mol. The topological polar surface area (TPSA) is 49.3 Å². The van der Waals surface area contributed by atoms with Gasteiger partial charge in [0.05, 0.1) is 15.5 Å². The summed E-state index contributed by atoms with van der Waals surface area (Å²) in [5.74, 6) is -0.779. The summed E-state index contributed by atoms with van der Waals surface area (Å²) in [6.45, 7) is 1.20. The largest absolute Gasteiger partial charge is 0.481 e. The Morgan fingerprint density at radius 2 is 2.24 bits per heavy atom. The molecule has 5 heteroatoms. The van der Waals surface area contributed by atoms with Crippen LogP contribution in [-0.4, -0.2) is 24.2 Å². The van der Waals surface area contributed by atoms with Crippen molar-refractivity contribution in [1.82, 2.24) is 5.32 Å². The van der Waals surface area contributed by atoms with Gasteiger partial charge in [-0.1, -0.05) is 35.3 Å². The fourth-order valence-electron chi connectivity index (χ4n) is 2.20. The highest BCUT2D eigenvalue weighted by atomic mass is 35.5. The Kier molecular flexibility index (Phi) is 3.61. The fraction of sp³-hybridized carbons (Fsp3) is 0.417. The Bertz CT molecular complexity index is 442. The second-order valence-corrected chi connectivity index (χ2v) is 5.19. The van der Waals surface area contributed by atoms with Crippen molar-refractivity contribution in [2.75, 3.05) is 13.1 Å². The Morgan fingerprint density at radius 1 is 1.47 bits per heavy atom. The van der Waals surface area contributed by atoms with Gasteiger partial charge in [0.15, 0.2) is 0 Å². The second-order valence-electron chi connectivity index (χ2n) is 4.40. The molecule has 0 amide bonds. The summed E-state index contributed by atoms with van der Waals surface area (Å²) in [4.78, 5) is 11.4. The molecule has 1 aliphatic rings. The average molecular weight is 274 g/mol. The van der Waals surface area contributed by atoms with Crippen molar-refractivity contribution in [2.24, 2.45) is 5.41 Å². The molecule has 1 aliphatic heterocycles. The first kappa shape index (κ1) is 12.7. The minimum absolute atomic E-state index is 0.411. The van der Waals surface area contributed by atoms with Gasteiger partial charge in [-0.25, -0.2) is 0 Å². The molecule has 0 radical (unpaired) electrons. The number of carbonyl (C=O) groups is 1. The summed E-state index contributed by atoms with van der Waals surface area (Å²) in [5.41, 5.74) is 0.0409. The van der Waals surface area contributed by atoms with Crippen LogP contribution in [0.1, 0.15) is 12.0 Å². The molecule has 0 bridgehead atoms. The molecular formula is C12H13Cl2NO2. The zero-order valence-corrected chi connectivity index (χ0v) is 10.7. The molecule has 0 saturated carbocycles. The van der Waals surface area contributed by atoms with Gasteiger partial charge in [0, 0.05) is 6.54 Å². The van der Waals surface area contributed by atoms with Gasteiger partial charge in [0.2, 0.25) is 0 Å². The van der Waals surface area contributed by atoms with Gasteiger partial charge < -0.3 is 10.4 Å². The number of hydrogen-bond donors (Lipinski definition) is 2. The predicted molar refractivity (Wildman–Crippen MR) is 67.7 cm³/mol. The summed E-state index contributed by atoms with van der Waals surface area (Å²) < 4.78 is 0. The van der Waals surface area contributed by atoms with Crippen molar-refractivity contribution in [3.05, 3.63) is 33.8 Å². The summed E-state index contributed by atoms with van der Waals surface area (Å²) in [7, 11) is 0. The van der Waals surface area contributed by atoms with Crippen molar-refractivity contribution < 1.29 is 9.90 Å². The molecule has 1 unspecified atom stereocenters. The van der Waals surface area contributed by atoms with E-state index in [0.717, 1.165) is 12.1 Å². The highest BCUT2D eigenvalue weighted by molar-refractivity contribution is 6.42. The van der Waals surface area contributed by atoms with Crippen molar-refractivity contribution in [3.63, 3.8) is 0 Å². The molecule has 1 aromatic carbocycles. The molecule has 2 rings (SSSR count). The van der Waals surface area contributed by atoms with Gasteiger partial charge in [-0.3, -0.25) is 4.79 Å². The van der Waals surface area contributed by atoms with E-state index in [0.29, 0.717) is 29.4 Å². The molecule has 0 aliphatic carbocycles. The van der Waals surface area contributed by atoms with Crippen LogP contribution in [0.25, 0.3) is 0 Å². The van der Waals surface area contributed by atoms with E-state index in [-0.39, 0.29) is 0 Å². The van der Waals surface area contributed by atoms with E-state index in [1.54, 1.807) is 12.1 Å². The number of halogens is 2. The maximum absolute atomic E-state index is 11.4. The molecule has 1 aromatic rings. The average Bonchev–Trinajstić information content (AvgIpc) is 2.75. The summed E-state index contributed by atoms with van der Waals surface area (Å²) >= 11 is 12.0. The van der Waals surface area contributed by atoms with Crippen LogP contribution in [0.5, 0.6) is 0 Å². The fourth-order valence-corrected chi connectivity index (χ4v) is 2.59. The van der Waals surface area contributed by atoms with E-state index in [4.69, 9.17) is 23.2 Å². The van der Waals surface area contributed by atoms with Gasteiger partial charge in [-0.2, -0.15) is 0 Å². The van der Waals surface area contributed by atoms with E-state index in [1.807, 2.05) is 6.07 Å². The van der Waals surface area contributed by atoms with Crippen LogP contribution in [0.15, 0.2) is 18.2 Å². The zero-order valence-electron chi connectivity index (χ0n) is 9.17. The normalized spacial score (nSPS) is 23.9. The first-order valence-corrected chi connectivity index (χ1v) is 6.18. The Hall–Kier alpha value is -0.770. The molecule has 0 aromatic heterocycles. The Morgan fingerprint density at radius 3 is 2.82 bits per heavy atom. The lowest BCUT2D eigenvalue weighted by Gasteiger charge is -2.23. The van der Waals surface area contributed by atoms with Gasteiger partial charge >= 0.3 is 5.97 Å². The first-order valence-electron chi connectivity index (χ1n) is 5.42. The second kappa shape index (κ2) is 4.84. The molecule has 1 heterocycles. The lowest BCUT2D eigenvalue weighted by Crippen LogP contribution is -2.35. The minimum Gasteiger partial charge on any atom is -0.481 e. The molecule has 3 nitrogen and oxygen atoms in total. The van der Waals surface area contributed by atoms with E-state index in [2.05, 4.69) is 5.32 Å². The van der Waals surface area contributed by atoms with Crippen molar-refractivity contribution in [1.29, 1.82) is 0 Å². The maximum atomic E-state index is 11.4. The molecule has 17 heavy (non-hydrogen) atoms. The van der Waals surface area contributed by atoms with E-state index >= 15 is 0 Å². The molecule has 1 fully saturated rings. The van der Waals surface area contributed by atoms with Gasteiger partial charge in [-0.15, -0.1) is 0 Å². The van der Waals surface area contributed by atoms with Crippen molar-refractivity contribution in [3.8, 4) is 0 Å². The van der Waals surface area contributed by atoms with Crippen LogP contribution in [0.4, 0.5) is 0 Å². The Balaban J connectivity index is 2.30. The number of nitrogens with one attached hydrogen (secondary N) is 1. The van der Waals surface area contributed by atoms with Gasteiger partial charge in [0.25, 0.3) is 0 Å². The first-order chi connectivity index (χ1) is 8.05. The number of carboxylic acids is 1. The minimum atomic E-state index is -0.779.